The van der Waals surface area contributed by atoms with E-state index in [4.69, 9.17) is 9.72 Å². The van der Waals surface area contributed by atoms with Gasteiger partial charge in [0.1, 0.15) is 0 Å². The number of fused-ring (bicyclic) bond motifs is 1. The zero-order valence-corrected chi connectivity index (χ0v) is 25.4. The van der Waals surface area contributed by atoms with Crippen LogP contribution in [0.5, 0.6) is 0 Å². The van der Waals surface area contributed by atoms with Gasteiger partial charge < -0.3 is 29.0 Å². The summed E-state index contributed by atoms with van der Waals surface area (Å²) in [6, 6.07) is 7.80. The Bertz CT molecular complexity index is 1220. The number of halogens is 3. The highest BCUT2D eigenvalue weighted by Gasteiger charge is 2.36. The molecule has 40 heavy (non-hydrogen) atoms. The number of rotatable bonds is 8. The van der Waals surface area contributed by atoms with E-state index in [0.29, 0.717) is 71.3 Å². The Hall–Kier alpha value is -2.37. The zero-order chi connectivity index (χ0) is 25.8. The molecule has 1 aromatic carbocycles. The van der Waals surface area contributed by atoms with Gasteiger partial charge in [-0.1, -0.05) is 26.0 Å². The molecule has 2 fully saturated rings. The predicted molar refractivity (Wildman–Crippen MR) is 162 cm³/mol. The zero-order valence-electron chi connectivity index (χ0n) is 23.0. The lowest BCUT2D eigenvalue weighted by Crippen LogP contribution is -2.56. The number of amides is 2. The second kappa shape index (κ2) is 15.6. The Labute approximate surface area is 254 Å². The van der Waals surface area contributed by atoms with Crippen LogP contribution in [0.3, 0.4) is 0 Å². The fourth-order valence-electron chi connectivity index (χ4n) is 5.41. The van der Waals surface area contributed by atoms with E-state index in [1.807, 2.05) is 49.4 Å². The number of piperidine rings is 1. The van der Waals surface area contributed by atoms with Crippen molar-refractivity contribution in [1.29, 1.82) is 0 Å². The summed E-state index contributed by atoms with van der Waals surface area (Å²) in [6.45, 7) is 9.88. The maximum Gasteiger partial charge on any atom is 0.290 e. The number of carbonyl (C=O) groups is 2. The average Bonchev–Trinajstić information content (AvgIpc) is 3.58. The lowest BCUT2D eigenvalue weighted by molar-refractivity contribution is -0.140. The number of aromatic nitrogens is 4. The van der Waals surface area contributed by atoms with E-state index in [1.54, 1.807) is 12.5 Å². The molecule has 1 N–H and O–H groups in total. The van der Waals surface area contributed by atoms with Crippen molar-refractivity contribution >= 4 is 60.1 Å². The van der Waals surface area contributed by atoms with Crippen molar-refractivity contribution in [1.82, 2.24) is 34.2 Å². The molecule has 5 rings (SSSR count). The van der Waals surface area contributed by atoms with Gasteiger partial charge in [-0.3, -0.25) is 9.59 Å². The van der Waals surface area contributed by atoms with Crippen LogP contribution in [0, 0.1) is 11.8 Å². The molecule has 0 aliphatic carbocycles. The van der Waals surface area contributed by atoms with Crippen molar-refractivity contribution in [2.45, 2.75) is 39.4 Å². The highest BCUT2D eigenvalue weighted by Crippen LogP contribution is 2.24. The number of nitrogens with one attached hydrogen (secondary N) is 1. The molecule has 3 aromatic rings. The third-order valence-corrected chi connectivity index (χ3v) is 7.25. The number of ether oxygens (including phenoxy) is 1. The van der Waals surface area contributed by atoms with E-state index >= 15 is 0 Å². The molecule has 0 radical (unpaired) electrons. The number of morpholine rings is 1. The SMILES string of the molecule is CC(C)CN(C(=O)c1nc2ccccc2n1CCn1ccnc1)[C@@H]1CNC[C@H](C(=O)N2CCOCC2)C1.Cl.Cl.Cl. The predicted octanol–water partition coefficient (Wildman–Crippen LogP) is 3.13. The van der Waals surface area contributed by atoms with Gasteiger partial charge in [0.15, 0.2) is 5.82 Å². The molecule has 2 saturated heterocycles. The first-order valence-electron chi connectivity index (χ1n) is 13.3. The minimum Gasteiger partial charge on any atom is -0.378 e. The summed E-state index contributed by atoms with van der Waals surface area (Å²) in [5.41, 5.74) is 1.75. The molecule has 0 saturated carbocycles. The summed E-state index contributed by atoms with van der Waals surface area (Å²) >= 11 is 0. The van der Waals surface area contributed by atoms with E-state index in [9.17, 15) is 9.59 Å². The molecule has 2 atom stereocenters. The molecule has 222 valence electrons. The molecule has 0 unspecified atom stereocenters. The van der Waals surface area contributed by atoms with Crippen molar-refractivity contribution in [3.05, 3.63) is 48.8 Å². The number of hydrogen-bond donors (Lipinski definition) is 1. The monoisotopic (exact) mass is 615 g/mol. The van der Waals surface area contributed by atoms with Crippen LogP contribution < -0.4 is 5.32 Å². The molecule has 4 heterocycles. The number of para-hydroxylation sites is 2. The Morgan fingerprint density at radius 3 is 2.55 bits per heavy atom. The fourth-order valence-corrected chi connectivity index (χ4v) is 5.41. The van der Waals surface area contributed by atoms with E-state index in [0.717, 1.165) is 11.0 Å². The van der Waals surface area contributed by atoms with Crippen LogP contribution in [0.25, 0.3) is 11.0 Å². The van der Waals surface area contributed by atoms with Gasteiger partial charge in [-0.2, -0.15) is 0 Å². The summed E-state index contributed by atoms with van der Waals surface area (Å²) in [5, 5.41) is 3.44. The maximum absolute atomic E-state index is 14.2. The molecule has 10 nitrogen and oxygen atoms in total. The van der Waals surface area contributed by atoms with E-state index in [2.05, 4.69) is 24.1 Å². The quantitative estimate of drug-likeness (QED) is 0.418. The van der Waals surface area contributed by atoms with Crippen molar-refractivity contribution in [2.75, 3.05) is 45.9 Å². The largest absolute Gasteiger partial charge is 0.378 e. The average molecular weight is 617 g/mol. The van der Waals surface area contributed by atoms with Crippen LogP contribution in [0.1, 0.15) is 30.9 Å². The van der Waals surface area contributed by atoms with E-state index in [-0.39, 0.29) is 66.9 Å². The lowest BCUT2D eigenvalue weighted by Gasteiger charge is -2.40. The van der Waals surface area contributed by atoms with Gasteiger partial charge in [0.2, 0.25) is 5.91 Å². The van der Waals surface area contributed by atoms with Crippen LogP contribution in [0.15, 0.2) is 43.0 Å². The molecular weight excluding hydrogens is 577 g/mol. The van der Waals surface area contributed by atoms with Crippen LogP contribution >= 0.6 is 37.2 Å². The summed E-state index contributed by atoms with van der Waals surface area (Å²) in [6.07, 6.45) is 6.11. The summed E-state index contributed by atoms with van der Waals surface area (Å²) in [5.74, 6) is 0.651. The molecular formula is C27H40Cl3N7O3. The Kier molecular flexibility index (Phi) is 13.2. The van der Waals surface area contributed by atoms with Crippen molar-refractivity contribution < 1.29 is 14.3 Å². The van der Waals surface area contributed by atoms with Crippen molar-refractivity contribution in [2.24, 2.45) is 11.8 Å². The molecule has 2 aliphatic rings. The number of aryl methyl sites for hydroxylation is 2. The Morgan fingerprint density at radius 2 is 1.85 bits per heavy atom. The Balaban J connectivity index is 0.00000187. The highest BCUT2D eigenvalue weighted by molar-refractivity contribution is 5.95. The van der Waals surface area contributed by atoms with Crippen LogP contribution in [-0.2, 0) is 22.6 Å². The third kappa shape index (κ3) is 7.67. The topological polar surface area (TPSA) is 97.5 Å². The standard InChI is InChI=1S/C27H37N7O3.3ClH/c1-20(2)18-34(22-15-21(16-29-17-22)26(35)32-11-13-37-14-12-32)27(36)25-30-23-5-3-4-6-24(23)33(25)10-9-31-8-7-28-19-31;;;/h3-8,19-22,29H,9-18H2,1-2H3;3*1H/t21-,22+;;;/m1.../s1. The molecule has 0 bridgehead atoms. The fraction of sp³-hybridized carbons (Fsp3) is 0.556. The van der Waals surface area contributed by atoms with Crippen molar-refractivity contribution in [3.63, 3.8) is 0 Å². The highest BCUT2D eigenvalue weighted by atomic mass is 35.5. The number of benzene rings is 1. The van der Waals surface area contributed by atoms with Gasteiger partial charge in [0, 0.05) is 64.2 Å². The molecule has 13 heteroatoms. The first-order chi connectivity index (χ1) is 18.0. The Morgan fingerprint density at radius 1 is 1.10 bits per heavy atom. The van der Waals surface area contributed by atoms with Gasteiger partial charge in [-0.25, -0.2) is 9.97 Å². The number of imidazole rings is 2. The van der Waals surface area contributed by atoms with Gasteiger partial charge in [-0.05, 0) is 24.5 Å². The maximum atomic E-state index is 14.2. The van der Waals surface area contributed by atoms with Crippen LogP contribution in [-0.4, -0.2) is 92.7 Å². The minimum atomic E-state index is -0.153. The molecule has 2 aromatic heterocycles. The molecule has 2 amide bonds. The van der Waals surface area contributed by atoms with Gasteiger partial charge in [0.25, 0.3) is 5.91 Å². The summed E-state index contributed by atoms with van der Waals surface area (Å²) in [7, 11) is 0. The van der Waals surface area contributed by atoms with Crippen LogP contribution in [0.4, 0.5) is 0 Å². The van der Waals surface area contributed by atoms with Gasteiger partial charge in [-0.15, -0.1) is 37.2 Å². The van der Waals surface area contributed by atoms with E-state index < -0.39 is 0 Å². The molecule has 2 aliphatic heterocycles. The second-order valence-electron chi connectivity index (χ2n) is 10.4. The molecule has 0 spiro atoms. The normalized spacial score (nSPS) is 18.9. The van der Waals surface area contributed by atoms with Crippen molar-refractivity contribution in [3.8, 4) is 0 Å². The number of carbonyl (C=O) groups excluding carboxylic acids is 2. The van der Waals surface area contributed by atoms with E-state index in [1.165, 1.54) is 0 Å². The first-order valence-corrected chi connectivity index (χ1v) is 13.3. The summed E-state index contributed by atoms with van der Waals surface area (Å²) < 4.78 is 9.45. The number of hydrogen-bond acceptors (Lipinski definition) is 6. The minimum absolute atomic E-state index is 0. The number of nitrogens with zero attached hydrogens (tertiary/aromatic N) is 6. The van der Waals surface area contributed by atoms with Crippen LogP contribution in [0.2, 0.25) is 0 Å². The summed E-state index contributed by atoms with van der Waals surface area (Å²) in [4.78, 5) is 40.2. The third-order valence-electron chi connectivity index (χ3n) is 7.25. The van der Waals surface area contributed by atoms with Gasteiger partial charge >= 0.3 is 0 Å². The second-order valence-corrected chi connectivity index (χ2v) is 10.4. The first kappa shape index (κ1) is 33.8. The lowest BCUT2D eigenvalue weighted by atomic mass is 9.92. The smallest absolute Gasteiger partial charge is 0.290 e. The van der Waals surface area contributed by atoms with Gasteiger partial charge in [0.05, 0.1) is 36.5 Å².